The lowest BCUT2D eigenvalue weighted by molar-refractivity contribution is 0.318. The van der Waals surface area contributed by atoms with E-state index in [0.29, 0.717) is 23.6 Å². The lowest BCUT2D eigenvalue weighted by Gasteiger charge is -2.16. The maximum atomic E-state index is 12.5. The van der Waals surface area contributed by atoms with Crippen molar-refractivity contribution < 1.29 is 9.84 Å². The summed E-state index contributed by atoms with van der Waals surface area (Å²) in [5.41, 5.74) is -0.120. The Hall–Kier alpha value is -2.48. The van der Waals surface area contributed by atoms with Crippen LogP contribution >= 0.6 is 12.2 Å². The van der Waals surface area contributed by atoms with Gasteiger partial charge in [0, 0.05) is 11.0 Å². The van der Waals surface area contributed by atoms with E-state index in [-0.39, 0.29) is 10.5 Å². The van der Waals surface area contributed by atoms with Crippen LogP contribution in [0.5, 0.6) is 11.5 Å². The number of ether oxygens (including phenoxy) is 1. The van der Waals surface area contributed by atoms with Gasteiger partial charge in [0.05, 0.1) is 12.8 Å². The fourth-order valence-electron chi connectivity index (χ4n) is 2.02. The Kier molecular flexibility index (Phi) is 5.18. The number of aromatic hydroxyl groups is 1. The van der Waals surface area contributed by atoms with E-state index in [9.17, 15) is 9.90 Å². The van der Waals surface area contributed by atoms with E-state index < -0.39 is 11.0 Å². The number of aromatic nitrogens is 3. The Morgan fingerprint density at radius 1 is 1.46 bits per heavy atom. The fraction of sp³-hybridized carbons (Fsp3) is 0.375. The summed E-state index contributed by atoms with van der Waals surface area (Å²) < 4.78 is 6.45. The zero-order chi connectivity index (χ0) is 17.9. The molecule has 0 aliphatic carbocycles. The number of para-hydroxylation sites is 1. The summed E-state index contributed by atoms with van der Waals surface area (Å²) in [5.74, 6) is 0.306. The summed E-state index contributed by atoms with van der Waals surface area (Å²) in [6, 6.07) is 5.03. The highest BCUT2D eigenvalue weighted by Gasteiger charge is 2.21. The predicted molar refractivity (Wildman–Crippen MR) is 94.6 cm³/mol. The van der Waals surface area contributed by atoms with Crippen molar-refractivity contribution in [1.82, 2.24) is 14.9 Å². The highest BCUT2D eigenvalue weighted by Crippen LogP contribution is 2.28. The number of H-pyrrole nitrogens is 1. The Bertz CT molecular complexity index is 878. The number of rotatable bonds is 4. The molecule has 0 atom stereocenters. The van der Waals surface area contributed by atoms with Crippen LogP contribution in [-0.2, 0) is 5.41 Å². The standard InChI is InChI=1S/C16H20N4O3S/c1-5-23-11-8-6-7-10(12(11)21)9-17-20-14(22)13(16(2,3)4)18-19-15(20)24/h6-9,21H,5H2,1-4H3,(H,19,24)/b17-9-. The molecule has 7 nitrogen and oxygen atoms in total. The maximum Gasteiger partial charge on any atom is 0.297 e. The molecule has 0 saturated carbocycles. The monoisotopic (exact) mass is 348 g/mol. The summed E-state index contributed by atoms with van der Waals surface area (Å²) in [5, 5.41) is 20.9. The maximum absolute atomic E-state index is 12.5. The van der Waals surface area contributed by atoms with E-state index in [1.54, 1.807) is 18.2 Å². The summed E-state index contributed by atoms with van der Waals surface area (Å²) in [6.07, 6.45) is 1.36. The highest BCUT2D eigenvalue weighted by atomic mass is 32.1. The fourth-order valence-corrected chi connectivity index (χ4v) is 2.20. The van der Waals surface area contributed by atoms with Crippen LogP contribution in [0.15, 0.2) is 28.1 Å². The topological polar surface area (TPSA) is 92.5 Å². The van der Waals surface area contributed by atoms with Crippen molar-refractivity contribution in [3.63, 3.8) is 0 Å². The van der Waals surface area contributed by atoms with Crippen molar-refractivity contribution in [2.45, 2.75) is 33.1 Å². The van der Waals surface area contributed by atoms with Gasteiger partial charge in [-0.15, -0.1) is 0 Å². The lowest BCUT2D eigenvalue weighted by Crippen LogP contribution is -2.32. The van der Waals surface area contributed by atoms with Gasteiger partial charge in [-0.2, -0.15) is 14.9 Å². The third kappa shape index (κ3) is 3.70. The molecule has 0 radical (unpaired) electrons. The first-order chi connectivity index (χ1) is 11.3. The van der Waals surface area contributed by atoms with Crippen LogP contribution < -0.4 is 10.3 Å². The van der Waals surface area contributed by atoms with Gasteiger partial charge in [0.25, 0.3) is 5.56 Å². The van der Waals surface area contributed by atoms with Crippen molar-refractivity contribution in [2.75, 3.05) is 6.61 Å². The molecular formula is C16H20N4O3S. The van der Waals surface area contributed by atoms with E-state index >= 15 is 0 Å². The van der Waals surface area contributed by atoms with Crippen LogP contribution in [-0.4, -0.2) is 32.8 Å². The number of nitrogens with one attached hydrogen (secondary N) is 1. The first kappa shape index (κ1) is 17.9. The first-order valence-electron chi connectivity index (χ1n) is 7.47. The number of phenols is 1. The molecule has 1 aromatic heterocycles. The summed E-state index contributed by atoms with van der Waals surface area (Å²) in [4.78, 5) is 12.5. The quantitative estimate of drug-likeness (QED) is 0.654. The van der Waals surface area contributed by atoms with Crippen molar-refractivity contribution in [3.8, 4) is 11.5 Å². The molecule has 2 aromatic rings. The number of hydrogen-bond donors (Lipinski definition) is 2. The van der Waals surface area contributed by atoms with Crippen molar-refractivity contribution in [2.24, 2.45) is 5.10 Å². The SMILES string of the molecule is CCOc1cccc(/C=N\n2c(=S)[nH]nc(C(C)(C)C)c2=O)c1O. The number of hydrogen-bond acceptors (Lipinski definition) is 6. The van der Waals surface area contributed by atoms with Gasteiger partial charge in [-0.3, -0.25) is 9.89 Å². The molecule has 0 aliphatic heterocycles. The second kappa shape index (κ2) is 6.96. The van der Waals surface area contributed by atoms with Crippen LogP contribution in [0.3, 0.4) is 0 Å². The molecule has 0 fully saturated rings. The van der Waals surface area contributed by atoms with Gasteiger partial charge in [0.15, 0.2) is 11.5 Å². The smallest absolute Gasteiger partial charge is 0.297 e. The average molecular weight is 348 g/mol. The second-order valence-corrected chi connectivity index (χ2v) is 6.50. The first-order valence-corrected chi connectivity index (χ1v) is 7.88. The Balaban J connectivity index is 2.49. The van der Waals surface area contributed by atoms with Crippen molar-refractivity contribution >= 4 is 18.4 Å². The molecular weight excluding hydrogens is 328 g/mol. The average Bonchev–Trinajstić information content (AvgIpc) is 2.49. The van der Waals surface area contributed by atoms with Gasteiger partial charge < -0.3 is 9.84 Å². The van der Waals surface area contributed by atoms with Gasteiger partial charge in [0.2, 0.25) is 4.77 Å². The minimum atomic E-state index is -0.453. The lowest BCUT2D eigenvalue weighted by atomic mass is 9.93. The largest absolute Gasteiger partial charge is 0.504 e. The van der Waals surface area contributed by atoms with E-state index in [4.69, 9.17) is 17.0 Å². The second-order valence-electron chi connectivity index (χ2n) is 6.12. The molecule has 1 aromatic carbocycles. The minimum Gasteiger partial charge on any atom is -0.504 e. The van der Waals surface area contributed by atoms with Gasteiger partial charge in [-0.1, -0.05) is 26.8 Å². The van der Waals surface area contributed by atoms with Gasteiger partial charge in [-0.05, 0) is 31.3 Å². The van der Waals surface area contributed by atoms with Gasteiger partial charge in [-0.25, -0.2) is 0 Å². The van der Waals surface area contributed by atoms with Crippen LogP contribution in [0.4, 0.5) is 0 Å². The highest BCUT2D eigenvalue weighted by molar-refractivity contribution is 7.71. The minimum absolute atomic E-state index is 0.0452. The van der Waals surface area contributed by atoms with E-state index in [1.807, 2.05) is 27.7 Å². The molecule has 2 N–H and O–H groups in total. The van der Waals surface area contributed by atoms with Crippen LogP contribution in [0.1, 0.15) is 39.0 Å². The normalized spacial score (nSPS) is 11.8. The summed E-state index contributed by atoms with van der Waals surface area (Å²) in [6.45, 7) is 7.87. The molecule has 0 spiro atoms. The van der Waals surface area contributed by atoms with Crippen molar-refractivity contribution in [3.05, 3.63) is 44.6 Å². The van der Waals surface area contributed by atoms with Crippen LogP contribution in [0.2, 0.25) is 0 Å². The predicted octanol–water partition coefficient (Wildman–Crippen LogP) is 2.58. The third-order valence-corrected chi connectivity index (χ3v) is 3.47. The Morgan fingerprint density at radius 2 is 2.17 bits per heavy atom. The van der Waals surface area contributed by atoms with Gasteiger partial charge >= 0.3 is 0 Å². The number of aromatic amines is 1. The molecule has 0 amide bonds. The van der Waals surface area contributed by atoms with E-state index in [2.05, 4.69) is 15.3 Å². The number of benzene rings is 1. The van der Waals surface area contributed by atoms with E-state index in [1.165, 1.54) is 6.21 Å². The van der Waals surface area contributed by atoms with Crippen LogP contribution in [0.25, 0.3) is 0 Å². The molecule has 0 unspecified atom stereocenters. The zero-order valence-corrected chi connectivity index (χ0v) is 14.8. The molecule has 128 valence electrons. The van der Waals surface area contributed by atoms with Crippen molar-refractivity contribution in [1.29, 1.82) is 0 Å². The molecule has 0 aliphatic rings. The zero-order valence-electron chi connectivity index (χ0n) is 14.0. The number of phenolic OH excluding ortho intramolecular Hbond substituents is 1. The third-order valence-electron chi connectivity index (χ3n) is 3.20. The summed E-state index contributed by atoms with van der Waals surface area (Å²) >= 11 is 5.08. The van der Waals surface area contributed by atoms with Crippen LogP contribution in [0, 0.1) is 4.77 Å². The molecule has 0 saturated heterocycles. The molecule has 2 rings (SSSR count). The van der Waals surface area contributed by atoms with Gasteiger partial charge in [0.1, 0.15) is 5.69 Å². The summed E-state index contributed by atoms with van der Waals surface area (Å²) in [7, 11) is 0. The number of nitrogens with zero attached hydrogens (tertiary/aromatic N) is 3. The molecule has 0 bridgehead atoms. The molecule has 24 heavy (non-hydrogen) atoms. The Morgan fingerprint density at radius 3 is 2.79 bits per heavy atom. The molecule has 8 heteroatoms. The molecule has 1 heterocycles. The van der Waals surface area contributed by atoms with E-state index in [0.717, 1.165) is 4.68 Å². The Labute approximate surface area is 144 Å².